The van der Waals surface area contributed by atoms with Gasteiger partial charge in [-0.25, -0.2) is 17.9 Å². The third kappa shape index (κ3) is 4.67. The first kappa shape index (κ1) is 26.6. The maximum atomic E-state index is 14.2. The number of amides is 1. The molecule has 1 aliphatic heterocycles. The van der Waals surface area contributed by atoms with Crippen molar-refractivity contribution >= 4 is 21.4 Å². The van der Waals surface area contributed by atoms with Crippen LogP contribution >= 0.6 is 0 Å². The van der Waals surface area contributed by atoms with Crippen LogP contribution in [0.1, 0.15) is 67.5 Å². The molecule has 2 aromatic heterocycles. The molecule has 3 aromatic rings. The summed E-state index contributed by atoms with van der Waals surface area (Å²) in [5, 5.41) is 3.95. The second-order valence-corrected chi connectivity index (χ2v) is 13.2. The van der Waals surface area contributed by atoms with Crippen LogP contribution in [0.4, 0.5) is 17.6 Å². The zero-order chi connectivity index (χ0) is 27.6. The van der Waals surface area contributed by atoms with Crippen LogP contribution in [0.25, 0.3) is 5.65 Å². The van der Waals surface area contributed by atoms with Crippen molar-refractivity contribution in [1.82, 2.24) is 19.5 Å². The predicted octanol–water partition coefficient (Wildman–Crippen LogP) is 4.57. The summed E-state index contributed by atoms with van der Waals surface area (Å²) in [4.78, 5) is 18.0. The average Bonchev–Trinajstić information content (AvgIpc) is 3.33. The van der Waals surface area contributed by atoms with Crippen molar-refractivity contribution in [2.45, 2.75) is 56.7 Å². The van der Waals surface area contributed by atoms with Gasteiger partial charge in [-0.05, 0) is 30.4 Å². The molecule has 2 atom stereocenters. The Balaban J connectivity index is 1.44. The van der Waals surface area contributed by atoms with E-state index >= 15 is 0 Å². The van der Waals surface area contributed by atoms with Crippen molar-refractivity contribution in [3.63, 3.8) is 0 Å². The highest BCUT2D eigenvalue weighted by molar-refractivity contribution is 7.91. The van der Waals surface area contributed by atoms with Crippen molar-refractivity contribution in [3.05, 3.63) is 64.9 Å². The quantitative estimate of drug-likeness (QED) is 0.443. The zero-order valence-corrected chi connectivity index (χ0v) is 22.0. The molecule has 3 heterocycles. The molecule has 5 rings (SSSR count). The van der Waals surface area contributed by atoms with E-state index in [1.165, 1.54) is 22.7 Å². The van der Waals surface area contributed by atoms with E-state index in [0.29, 0.717) is 17.0 Å². The number of fused-ring (bicyclic) bond motifs is 3. The van der Waals surface area contributed by atoms with Gasteiger partial charge in [0.2, 0.25) is 11.9 Å². The molecule has 0 radical (unpaired) electrons. The van der Waals surface area contributed by atoms with E-state index in [2.05, 4.69) is 10.1 Å². The third-order valence-corrected chi connectivity index (χ3v) is 9.53. The summed E-state index contributed by atoms with van der Waals surface area (Å²) in [5.74, 6) is -2.68. The molecular weight excluding hydrogens is 524 g/mol. The highest BCUT2D eigenvalue weighted by Gasteiger charge is 2.47. The third-order valence-electron chi connectivity index (χ3n) is 7.82. The number of alkyl halides is 3. The highest BCUT2D eigenvalue weighted by atomic mass is 32.2. The Morgan fingerprint density at radius 1 is 1.16 bits per heavy atom. The molecule has 2 aliphatic rings. The molecule has 0 saturated carbocycles. The van der Waals surface area contributed by atoms with E-state index in [4.69, 9.17) is 0 Å². The maximum absolute atomic E-state index is 14.2. The molecule has 0 spiro atoms. The standard InChI is InChI=1S/C26H28F4N4O3S/c1-25(2)13-18(19-14-31-21-12-20(27)32-34(21)23(19)25)15-4-6-16(7-5-15)22(26(28,29)30)33(3)24(35)17-8-10-38(36,37)11-9-17/h4-7,12,14,17-18,22H,8-11,13H2,1-3H3/t18-,22?/m1/s1. The molecule has 1 amide bonds. The Hall–Kier alpha value is -3.02. The van der Waals surface area contributed by atoms with Gasteiger partial charge in [0, 0.05) is 42.1 Å². The van der Waals surface area contributed by atoms with Gasteiger partial charge < -0.3 is 4.90 Å². The summed E-state index contributed by atoms with van der Waals surface area (Å²) in [6.07, 6.45) is -2.38. The fraction of sp³-hybridized carbons (Fsp3) is 0.500. The number of sulfone groups is 1. The summed E-state index contributed by atoms with van der Waals surface area (Å²) in [6.45, 7) is 4.02. The number of halogens is 4. The first-order valence-electron chi connectivity index (χ1n) is 12.4. The van der Waals surface area contributed by atoms with Gasteiger partial charge in [-0.2, -0.15) is 17.6 Å². The monoisotopic (exact) mass is 552 g/mol. The number of hydrogen-bond acceptors (Lipinski definition) is 5. The molecule has 1 saturated heterocycles. The van der Waals surface area contributed by atoms with Crippen LogP contribution in [-0.2, 0) is 20.0 Å². The number of hydrogen-bond donors (Lipinski definition) is 0. The lowest BCUT2D eigenvalue weighted by atomic mass is 9.86. The van der Waals surface area contributed by atoms with E-state index in [1.54, 1.807) is 18.3 Å². The molecular formula is C26H28F4N4O3S. The molecule has 1 fully saturated rings. The minimum absolute atomic E-state index is 0.0212. The molecule has 7 nitrogen and oxygen atoms in total. The first-order valence-corrected chi connectivity index (χ1v) is 14.2. The second-order valence-electron chi connectivity index (χ2n) is 10.9. The Labute approximate surface area is 217 Å². The van der Waals surface area contributed by atoms with E-state index in [9.17, 15) is 30.8 Å². The predicted molar refractivity (Wildman–Crippen MR) is 132 cm³/mol. The van der Waals surface area contributed by atoms with Gasteiger partial charge in [0.25, 0.3) is 0 Å². The molecule has 204 valence electrons. The number of nitrogens with zero attached hydrogens (tertiary/aromatic N) is 4. The Morgan fingerprint density at radius 3 is 2.39 bits per heavy atom. The summed E-state index contributed by atoms with van der Waals surface area (Å²) in [5.41, 5.74) is 2.36. The average molecular weight is 553 g/mol. The SMILES string of the molecule is CN(C(=O)C1CCS(=O)(=O)CC1)C(c1ccc([C@H]2CC(C)(C)c3c2cnc2cc(F)nn32)cc1)C(F)(F)F. The van der Waals surface area contributed by atoms with Crippen LogP contribution in [0.15, 0.2) is 36.5 Å². The van der Waals surface area contributed by atoms with Crippen LogP contribution in [0.3, 0.4) is 0 Å². The summed E-state index contributed by atoms with van der Waals surface area (Å²) < 4.78 is 81.4. The van der Waals surface area contributed by atoms with Gasteiger partial charge in [0.1, 0.15) is 9.84 Å². The van der Waals surface area contributed by atoms with Crippen molar-refractivity contribution in [2.75, 3.05) is 18.6 Å². The van der Waals surface area contributed by atoms with Crippen LogP contribution in [0, 0.1) is 11.9 Å². The van der Waals surface area contributed by atoms with Crippen molar-refractivity contribution in [1.29, 1.82) is 0 Å². The number of aromatic nitrogens is 3. The largest absolute Gasteiger partial charge is 0.413 e. The number of carbonyl (C=O) groups is 1. The van der Waals surface area contributed by atoms with Crippen molar-refractivity contribution in [3.8, 4) is 0 Å². The zero-order valence-electron chi connectivity index (χ0n) is 21.2. The van der Waals surface area contributed by atoms with Gasteiger partial charge in [-0.1, -0.05) is 38.1 Å². The van der Waals surface area contributed by atoms with Crippen molar-refractivity contribution in [2.24, 2.45) is 5.92 Å². The van der Waals surface area contributed by atoms with Gasteiger partial charge in [-0.3, -0.25) is 4.79 Å². The number of rotatable bonds is 4. The molecule has 0 N–H and O–H groups in total. The Kier molecular flexibility index (Phi) is 6.32. The van der Waals surface area contributed by atoms with Crippen LogP contribution < -0.4 is 0 Å². The molecule has 1 aromatic carbocycles. The van der Waals surface area contributed by atoms with Crippen molar-refractivity contribution < 1.29 is 30.8 Å². The number of benzene rings is 1. The molecule has 1 aliphatic carbocycles. The fourth-order valence-electron chi connectivity index (χ4n) is 5.96. The fourth-order valence-corrected chi connectivity index (χ4v) is 7.45. The maximum Gasteiger partial charge on any atom is 0.413 e. The molecule has 0 bridgehead atoms. The topological polar surface area (TPSA) is 84.6 Å². The highest BCUT2D eigenvalue weighted by Crippen LogP contribution is 2.49. The van der Waals surface area contributed by atoms with Crippen LogP contribution in [-0.4, -0.2) is 58.6 Å². The summed E-state index contributed by atoms with van der Waals surface area (Å²) >= 11 is 0. The van der Waals surface area contributed by atoms with E-state index in [1.807, 2.05) is 13.8 Å². The molecule has 1 unspecified atom stereocenters. The summed E-state index contributed by atoms with van der Waals surface area (Å²) in [6, 6.07) is 5.11. The van der Waals surface area contributed by atoms with Gasteiger partial charge >= 0.3 is 6.18 Å². The molecule has 12 heteroatoms. The Morgan fingerprint density at radius 2 is 1.79 bits per heavy atom. The lowest BCUT2D eigenvalue weighted by Crippen LogP contribution is -2.44. The van der Waals surface area contributed by atoms with E-state index in [-0.39, 0.29) is 41.2 Å². The second kappa shape index (κ2) is 9.03. The van der Waals surface area contributed by atoms with E-state index in [0.717, 1.165) is 23.9 Å². The normalized spacial score (nSPS) is 21.8. The lowest BCUT2D eigenvalue weighted by Gasteiger charge is -2.34. The number of carbonyl (C=O) groups excluding carboxylic acids is 1. The smallest absolute Gasteiger partial charge is 0.330 e. The minimum Gasteiger partial charge on any atom is -0.330 e. The van der Waals surface area contributed by atoms with Gasteiger partial charge in [0.15, 0.2) is 11.7 Å². The van der Waals surface area contributed by atoms with Crippen LogP contribution in [0.2, 0.25) is 0 Å². The Bertz CT molecular complexity index is 1490. The summed E-state index contributed by atoms with van der Waals surface area (Å²) in [7, 11) is -2.13. The molecule has 38 heavy (non-hydrogen) atoms. The van der Waals surface area contributed by atoms with Gasteiger partial charge in [0.05, 0.1) is 17.2 Å². The van der Waals surface area contributed by atoms with Crippen LogP contribution in [0.5, 0.6) is 0 Å². The van der Waals surface area contributed by atoms with E-state index < -0.39 is 39.8 Å². The lowest BCUT2D eigenvalue weighted by molar-refractivity contribution is -0.190. The minimum atomic E-state index is -4.73. The first-order chi connectivity index (χ1) is 17.7. The van der Waals surface area contributed by atoms with Gasteiger partial charge in [-0.15, -0.1) is 5.10 Å².